The van der Waals surface area contributed by atoms with Crippen LogP contribution in [0.5, 0.6) is 5.75 Å². The third-order valence-electron chi connectivity index (χ3n) is 2.46. The molecule has 0 saturated heterocycles. The molecule has 0 aromatic heterocycles. The molecule has 1 aromatic rings. The Morgan fingerprint density at radius 2 is 2.12 bits per heavy atom. The number of carbonyl (C=O) groups is 3. The number of ether oxygens (including phenoxy) is 1. The maximum Gasteiger partial charge on any atom is 0.299 e. The molecule has 1 heterocycles. The number of Topliss-reactive ketones (excluding diaryl/α,β-unsaturated/α-hetero) is 1. The summed E-state index contributed by atoms with van der Waals surface area (Å²) in [6.07, 6.45) is 0. The monoisotopic (exact) mass is 234 g/mol. The SMILES string of the molecule is CN1C(=O)C(=O)c2c(OCC(N)=O)cccc21. The first-order chi connectivity index (χ1) is 8.02. The summed E-state index contributed by atoms with van der Waals surface area (Å²) >= 11 is 0. The molecule has 6 nitrogen and oxygen atoms in total. The zero-order valence-electron chi connectivity index (χ0n) is 9.10. The smallest absolute Gasteiger partial charge is 0.299 e. The lowest BCUT2D eigenvalue weighted by Crippen LogP contribution is -2.24. The number of rotatable bonds is 3. The van der Waals surface area contributed by atoms with Crippen LogP contribution in [-0.2, 0) is 9.59 Å². The van der Waals surface area contributed by atoms with Crippen LogP contribution in [0.1, 0.15) is 10.4 Å². The maximum atomic E-state index is 11.7. The van der Waals surface area contributed by atoms with Crippen LogP contribution in [0.3, 0.4) is 0 Å². The first-order valence-electron chi connectivity index (χ1n) is 4.89. The van der Waals surface area contributed by atoms with Crippen molar-refractivity contribution in [3.63, 3.8) is 0 Å². The second kappa shape index (κ2) is 3.89. The van der Waals surface area contributed by atoms with Gasteiger partial charge in [0.05, 0.1) is 11.3 Å². The Balaban J connectivity index is 2.41. The van der Waals surface area contributed by atoms with Gasteiger partial charge in [0, 0.05) is 7.05 Å². The Kier molecular flexibility index (Phi) is 2.55. The number of likely N-dealkylation sites (N-methyl/N-ethyl adjacent to an activating group) is 1. The van der Waals surface area contributed by atoms with Gasteiger partial charge in [0.25, 0.3) is 17.6 Å². The van der Waals surface area contributed by atoms with Crippen molar-refractivity contribution in [3.8, 4) is 5.75 Å². The minimum atomic E-state index is -0.646. The topological polar surface area (TPSA) is 89.7 Å². The summed E-state index contributed by atoms with van der Waals surface area (Å²) in [5, 5.41) is 0. The van der Waals surface area contributed by atoms with Crippen molar-refractivity contribution >= 4 is 23.3 Å². The predicted octanol–water partition coefficient (Wildman–Crippen LogP) is -0.290. The quantitative estimate of drug-likeness (QED) is 0.727. The minimum Gasteiger partial charge on any atom is -0.483 e. The number of hydrogen-bond acceptors (Lipinski definition) is 4. The van der Waals surface area contributed by atoms with E-state index in [0.29, 0.717) is 5.69 Å². The number of ketones is 1. The Labute approximate surface area is 96.9 Å². The van der Waals surface area contributed by atoms with E-state index in [1.807, 2.05) is 0 Å². The molecule has 2 rings (SSSR count). The standard InChI is InChI=1S/C11H10N2O4/c1-13-6-3-2-4-7(17-5-8(12)14)9(6)10(15)11(13)16/h2-4H,5H2,1H3,(H2,12,14). The molecule has 88 valence electrons. The molecule has 1 aliphatic rings. The summed E-state index contributed by atoms with van der Waals surface area (Å²) in [7, 11) is 1.50. The van der Waals surface area contributed by atoms with E-state index < -0.39 is 17.6 Å². The van der Waals surface area contributed by atoms with Gasteiger partial charge in [-0.2, -0.15) is 0 Å². The highest BCUT2D eigenvalue weighted by Gasteiger charge is 2.36. The van der Waals surface area contributed by atoms with E-state index in [1.54, 1.807) is 12.1 Å². The highest BCUT2D eigenvalue weighted by Crippen LogP contribution is 2.34. The summed E-state index contributed by atoms with van der Waals surface area (Å²) in [5.74, 6) is -1.70. The zero-order valence-corrected chi connectivity index (χ0v) is 9.10. The van der Waals surface area contributed by atoms with Crippen molar-refractivity contribution in [2.45, 2.75) is 0 Å². The highest BCUT2D eigenvalue weighted by molar-refractivity contribution is 6.52. The molecule has 2 N–H and O–H groups in total. The van der Waals surface area contributed by atoms with E-state index >= 15 is 0 Å². The molecule has 0 spiro atoms. The Morgan fingerprint density at radius 3 is 2.76 bits per heavy atom. The van der Waals surface area contributed by atoms with Gasteiger partial charge in [-0.25, -0.2) is 0 Å². The van der Waals surface area contributed by atoms with Gasteiger partial charge in [-0.1, -0.05) is 6.07 Å². The van der Waals surface area contributed by atoms with Crippen LogP contribution in [0.4, 0.5) is 5.69 Å². The van der Waals surface area contributed by atoms with Crippen molar-refractivity contribution in [2.75, 3.05) is 18.6 Å². The molecule has 0 radical (unpaired) electrons. The highest BCUT2D eigenvalue weighted by atomic mass is 16.5. The summed E-state index contributed by atoms with van der Waals surface area (Å²) in [6, 6.07) is 4.79. The van der Waals surface area contributed by atoms with Gasteiger partial charge in [0.15, 0.2) is 6.61 Å². The molecule has 2 amide bonds. The summed E-state index contributed by atoms with van der Waals surface area (Å²) < 4.78 is 5.10. The van der Waals surface area contributed by atoms with Gasteiger partial charge in [-0.05, 0) is 12.1 Å². The van der Waals surface area contributed by atoms with Crippen LogP contribution >= 0.6 is 0 Å². The third-order valence-corrected chi connectivity index (χ3v) is 2.46. The molecule has 0 bridgehead atoms. The fraction of sp³-hybridized carbons (Fsp3) is 0.182. The maximum absolute atomic E-state index is 11.7. The Hall–Kier alpha value is -2.37. The summed E-state index contributed by atoms with van der Waals surface area (Å²) in [4.78, 5) is 35.0. The van der Waals surface area contributed by atoms with Crippen LogP contribution < -0.4 is 15.4 Å². The van der Waals surface area contributed by atoms with Crippen molar-refractivity contribution in [2.24, 2.45) is 5.73 Å². The van der Waals surface area contributed by atoms with Gasteiger partial charge in [0.1, 0.15) is 5.75 Å². The average Bonchev–Trinajstić information content (AvgIpc) is 2.52. The van der Waals surface area contributed by atoms with Crippen molar-refractivity contribution in [3.05, 3.63) is 23.8 Å². The van der Waals surface area contributed by atoms with E-state index in [-0.39, 0.29) is 17.9 Å². The largest absolute Gasteiger partial charge is 0.483 e. The number of nitrogens with two attached hydrogens (primary N) is 1. The molecule has 1 aromatic carbocycles. The number of fused-ring (bicyclic) bond motifs is 1. The number of anilines is 1. The van der Waals surface area contributed by atoms with Crippen LogP contribution in [-0.4, -0.2) is 31.3 Å². The fourth-order valence-electron chi connectivity index (χ4n) is 1.67. The fourth-order valence-corrected chi connectivity index (χ4v) is 1.67. The number of amides is 2. The van der Waals surface area contributed by atoms with Crippen LogP contribution in [0.15, 0.2) is 18.2 Å². The third kappa shape index (κ3) is 1.73. The van der Waals surface area contributed by atoms with E-state index in [2.05, 4.69) is 0 Å². The molecule has 0 fully saturated rings. The number of nitrogens with zero attached hydrogens (tertiary/aromatic N) is 1. The van der Waals surface area contributed by atoms with E-state index in [9.17, 15) is 14.4 Å². The van der Waals surface area contributed by atoms with Gasteiger partial charge in [-0.3, -0.25) is 14.4 Å². The predicted molar refractivity (Wildman–Crippen MR) is 58.9 cm³/mol. The molecular formula is C11H10N2O4. The second-order valence-electron chi connectivity index (χ2n) is 3.60. The molecule has 0 unspecified atom stereocenters. The average molecular weight is 234 g/mol. The van der Waals surface area contributed by atoms with Gasteiger partial charge in [-0.15, -0.1) is 0 Å². The van der Waals surface area contributed by atoms with E-state index in [1.165, 1.54) is 18.0 Å². The van der Waals surface area contributed by atoms with Crippen molar-refractivity contribution < 1.29 is 19.1 Å². The molecule has 0 saturated carbocycles. The molecule has 6 heteroatoms. The Morgan fingerprint density at radius 1 is 1.41 bits per heavy atom. The van der Waals surface area contributed by atoms with E-state index in [4.69, 9.17) is 10.5 Å². The normalized spacial score (nSPS) is 13.8. The first kappa shape index (κ1) is 11.1. The molecule has 1 aliphatic heterocycles. The molecule has 0 aliphatic carbocycles. The number of primary amides is 1. The first-order valence-corrected chi connectivity index (χ1v) is 4.89. The zero-order chi connectivity index (χ0) is 12.6. The molecular weight excluding hydrogens is 224 g/mol. The lowest BCUT2D eigenvalue weighted by Gasteiger charge is -2.10. The minimum absolute atomic E-state index is 0.182. The second-order valence-corrected chi connectivity index (χ2v) is 3.60. The number of carbonyl (C=O) groups excluding carboxylic acids is 3. The number of benzene rings is 1. The van der Waals surface area contributed by atoms with Crippen molar-refractivity contribution in [1.82, 2.24) is 0 Å². The van der Waals surface area contributed by atoms with Gasteiger partial charge >= 0.3 is 0 Å². The van der Waals surface area contributed by atoms with Gasteiger partial charge in [0.2, 0.25) is 0 Å². The van der Waals surface area contributed by atoms with Crippen LogP contribution in [0, 0.1) is 0 Å². The number of hydrogen-bond donors (Lipinski definition) is 1. The lowest BCUT2D eigenvalue weighted by atomic mass is 10.1. The Bertz CT molecular complexity index is 524. The van der Waals surface area contributed by atoms with Crippen LogP contribution in [0.25, 0.3) is 0 Å². The van der Waals surface area contributed by atoms with Crippen LogP contribution in [0.2, 0.25) is 0 Å². The van der Waals surface area contributed by atoms with Gasteiger partial charge < -0.3 is 15.4 Å². The van der Waals surface area contributed by atoms with Crippen molar-refractivity contribution in [1.29, 1.82) is 0 Å². The molecule has 0 atom stereocenters. The summed E-state index contributed by atoms with van der Waals surface area (Å²) in [6.45, 7) is -0.332. The summed E-state index contributed by atoms with van der Waals surface area (Å²) in [5.41, 5.74) is 5.60. The lowest BCUT2D eigenvalue weighted by molar-refractivity contribution is -0.120. The van der Waals surface area contributed by atoms with E-state index in [0.717, 1.165) is 0 Å². The molecule has 17 heavy (non-hydrogen) atoms.